The molecule has 0 unspecified atom stereocenters. The number of ether oxygens (including phenoxy) is 1. The molecule has 0 radical (unpaired) electrons. The number of fused-ring (bicyclic) bond motifs is 6. The van der Waals surface area contributed by atoms with E-state index < -0.39 is 29.7 Å². The average molecular weight is 479 g/mol. The van der Waals surface area contributed by atoms with Crippen LogP contribution in [0.15, 0.2) is 48.4 Å². The standard InChI is InChI=1S/C28H24F3NO3/c1-12-8-13(2)21(14(3)9-12)23-25(33)22-20-11-18(27(35-20)24(22)26(23)34)16-6-7-32-19-10-15(28(29,30)31)4-5-17(16)19/h4-10,18,20,22,24,27,34H,11H2,1-3H3/t18-,20-,22-,24+,27+/m0/s1. The Bertz CT molecular complexity index is 1420. The maximum atomic E-state index is 13.5. The number of hydrogen-bond acceptors (Lipinski definition) is 4. The lowest BCUT2D eigenvalue weighted by Crippen LogP contribution is -2.33. The van der Waals surface area contributed by atoms with E-state index in [0.29, 0.717) is 17.4 Å². The number of pyridine rings is 1. The number of aromatic nitrogens is 1. The van der Waals surface area contributed by atoms with E-state index in [2.05, 4.69) is 4.98 Å². The van der Waals surface area contributed by atoms with Crippen molar-refractivity contribution in [2.45, 2.75) is 51.5 Å². The molecule has 180 valence electrons. The molecular formula is C28H24F3NO3. The minimum Gasteiger partial charge on any atom is -0.511 e. The second-order valence-electron chi connectivity index (χ2n) is 10.1. The first-order chi connectivity index (χ1) is 16.6. The van der Waals surface area contributed by atoms with Crippen LogP contribution >= 0.6 is 0 Å². The lowest BCUT2D eigenvalue weighted by molar-refractivity contribution is -0.137. The molecular weight excluding hydrogens is 455 g/mol. The molecule has 2 saturated heterocycles. The van der Waals surface area contributed by atoms with Crippen LogP contribution in [0.2, 0.25) is 0 Å². The molecule has 35 heavy (non-hydrogen) atoms. The number of carbonyl (C=O) groups is 1. The van der Waals surface area contributed by atoms with Gasteiger partial charge in [-0.15, -0.1) is 0 Å². The molecule has 1 aromatic heterocycles. The number of aliphatic hydroxyl groups excluding tert-OH is 1. The van der Waals surface area contributed by atoms with E-state index >= 15 is 0 Å². The number of aryl methyl sites for hydroxylation is 3. The summed E-state index contributed by atoms with van der Waals surface area (Å²) in [7, 11) is 0. The van der Waals surface area contributed by atoms with Gasteiger partial charge in [0, 0.05) is 17.5 Å². The monoisotopic (exact) mass is 479 g/mol. The molecule has 5 atom stereocenters. The van der Waals surface area contributed by atoms with E-state index in [1.807, 2.05) is 39.0 Å². The Morgan fingerprint density at radius 2 is 1.74 bits per heavy atom. The van der Waals surface area contributed by atoms with Gasteiger partial charge in [0.25, 0.3) is 0 Å². The van der Waals surface area contributed by atoms with Gasteiger partial charge in [0.05, 0.1) is 40.7 Å². The van der Waals surface area contributed by atoms with Gasteiger partial charge in [0.2, 0.25) is 0 Å². The smallest absolute Gasteiger partial charge is 0.416 e. The minimum absolute atomic E-state index is 0.0740. The number of carbonyl (C=O) groups excluding carboxylic acids is 1. The van der Waals surface area contributed by atoms with Gasteiger partial charge in [-0.3, -0.25) is 9.78 Å². The number of hydrogen-bond donors (Lipinski definition) is 1. The van der Waals surface area contributed by atoms with E-state index in [9.17, 15) is 23.1 Å². The van der Waals surface area contributed by atoms with E-state index in [1.54, 1.807) is 0 Å². The molecule has 3 aliphatic rings. The summed E-state index contributed by atoms with van der Waals surface area (Å²) in [6.07, 6.45) is -3.13. The van der Waals surface area contributed by atoms with Crippen LogP contribution in [0.5, 0.6) is 0 Å². The summed E-state index contributed by atoms with van der Waals surface area (Å²) in [5.74, 6) is -1.05. The molecule has 3 heterocycles. The van der Waals surface area contributed by atoms with Crippen molar-refractivity contribution in [3.63, 3.8) is 0 Å². The summed E-state index contributed by atoms with van der Waals surface area (Å²) < 4.78 is 45.9. The van der Waals surface area contributed by atoms with Crippen LogP contribution in [0.3, 0.4) is 0 Å². The van der Waals surface area contributed by atoms with E-state index in [0.717, 1.165) is 39.9 Å². The van der Waals surface area contributed by atoms with Gasteiger partial charge < -0.3 is 9.84 Å². The van der Waals surface area contributed by atoms with E-state index in [1.165, 1.54) is 12.3 Å². The zero-order valence-corrected chi connectivity index (χ0v) is 19.5. The molecule has 0 amide bonds. The predicted molar refractivity (Wildman–Crippen MR) is 125 cm³/mol. The maximum absolute atomic E-state index is 13.5. The van der Waals surface area contributed by atoms with Crippen molar-refractivity contribution in [2.75, 3.05) is 0 Å². The zero-order valence-electron chi connectivity index (χ0n) is 19.5. The highest BCUT2D eigenvalue weighted by molar-refractivity contribution is 6.26. The van der Waals surface area contributed by atoms with Gasteiger partial charge in [-0.2, -0.15) is 13.2 Å². The van der Waals surface area contributed by atoms with Crippen molar-refractivity contribution in [1.82, 2.24) is 4.98 Å². The number of benzene rings is 2. The van der Waals surface area contributed by atoms with Crippen LogP contribution in [0.4, 0.5) is 13.2 Å². The Labute approximate surface area is 200 Å². The molecule has 0 spiro atoms. The molecule has 4 nitrogen and oxygen atoms in total. The fourth-order valence-corrected chi connectivity index (χ4v) is 6.66. The topological polar surface area (TPSA) is 59.4 Å². The normalized spacial score (nSPS) is 27.8. The van der Waals surface area contributed by atoms with Crippen LogP contribution in [0, 0.1) is 32.6 Å². The van der Waals surface area contributed by atoms with Crippen LogP contribution in [-0.4, -0.2) is 28.1 Å². The molecule has 3 aromatic rings. The molecule has 2 fully saturated rings. The first kappa shape index (κ1) is 22.3. The summed E-state index contributed by atoms with van der Waals surface area (Å²) in [4.78, 5) is 17.7. The van der Waals surface area contributed by atoms with E-state index in [4.69, 9.17) is 4.74 Å². The van der Waals surface area contributed by atoms with Gasteiger partial charge in [-0.05, 0) is 67.6 Å². The van der Waals surface area contributed by atoms with Crippen molar-refractivity contribution < 1.29 is 27.8 Å². The number of ketones is 1. The zero-order chi connectivity index (χ0) is 24.8. The molecule has 1 N–H and O–H groups in total. The van der Waals surface area contributed by atoms with Crippen molar-refractivity contribution in [3.8, 4) is 0 Å². The highest BCUT2D eigenvalue weighted by Crippen LogP contribution is 2.58. The van der Waals surface area contributed by atoms with Gasteiger partial charge in [-0.25, -0.2) is 0 Å². The number of aliphatic hydroxyl groups is 1. The summed E-state index contributed by atoms with van der Waals surface area (Å²) >= 11 is 0. The number of rotatable bonds is 2. The molecule has 6 rings (SSSR count). The highest BCUT2D eigenvalue weighted by Gasteiger charge is 2.62. The number of halogens is 3. The SMILES string of the molecule is Cc1cc(C)c(C2=C(O)[C@@H]3[C@@H]4O[C@@H](C[C@H]4c4ccnc5cc(C(F)(F)F)ccc45)[C@@H]3C2=O)c(C)c1. The Balaban J connectivity index is 1.42. The summed E-state index contributed by atoms with van der Waals surface area (Å²) in [5, 5.41) is 12.0. The molecule has 1 aliphatic carbocycles. The lowest BCUT2D eigenvalue weighted by atomic mass is 9.72. The van der Waals surface area contributed by atoms with Gasteiger partial charge in [-0.1, -0.05) is 23.8 Å². The first-order valence-corrected chi connectivity index (χ1v) is 11.7. The second kappa shape index (κ2) is 7.40. The van der Waals surface area contributed by atoms with Crippen molar-refractivity contribution in [3.05, 3.63) is 81.7 Å². The number of Topliss-reactive ketones (excluding diaryl/α,β-unsaturated/α-hetero) is 1. The quantitative estimate of drug-likeness (QED) is 0.474. The van der Waals surface area contributed by atoms with Gasteiger partial charge >= 0.3 is 6.18 Å². The first-order valence-electron chi connectivity index (χ1n) is 11.7. The summed E-state index contributed by atoms with van der Waals surface area (Å²) in [5.41, 5.74) is 4.54. The van der Waals surface area contributed by atoms with Crippen LogP contribution < -0.4 is 0 Å². The third kappa shape index (κ3) is 3.17. The van der Waals surface area contributed by atoms with Crippen LogP contribution in [0.1, 0.15) is 45.7 Å². The fourth-order valence-electron chi connectivity index (χ4n) is 6.66. The Hall–Kier alpha value is -3.19. The third-order valence-corrected chi connectivity index (χ3v) is 7.91. The predicted octanol–water partition coefficient (Wildman–Crippen LogP) is 6.22. The lowest BCUT2D eigenvalue weighted by Gasteiger charge is -2.28. The second-order valence-corrected chi connectivity index (χ2v) is 10.1. The average Bonchev–Trinajstić information content (AvgIpc) is 3.44. The van der Waals surface area contributed by atoms with Crippen molar-refractivity contribution in [1.29, 1.82) is 0 Å². The van der Waals surface area contributed by atoms with E-state index in [-0.39, 0.29) is 29.1 Å². The molecule has 7 heteroatoms. The van der Waals surface area contributed by atoms with Crippen LogP contribution in [0.25, 0.3) is 16.5 Å². The van der Waals surface area contributed by atoms with Crippen LogP contribution in [-0.2, 0) is 15.7 Å². The number of alkyl halides is 3. The van der Waals surface area contributed by atoms with Crippen molar-refractivity contribution >= 4 is 22.3 Å². The van der Waals surface area contributed by atoms with Gasteiger partial charge in [0.1, 0.15) is 5.76 Å². The molecule has 0 saturated carbocycles. The fraction of sp³-hybridized carbons (Fsp3) is 0.357. The molecule has 2 bridgehead atoms. The molecule has 2 aliphatic heterocycles. The highest BCUT2D eigenvalue weighted by atomic mass is 19.4. The Morgan fingerprint density at radius 1 is 1.03 bits per heavy atom. The third-order valence-electron chi connectivity index (χ3n) is 7.91. The van der Waals surface area contributed by atoms with Crippen molar-refractivity contribution in [2.24, 2.45) is 11.8 Å². The summed E-state index contributed by atoms with van der Waals surface area (Å²) in [6, 6.07) is 9.43. The Kier molecular flexibility index (Phi) is 4.71. The number of allylic oxidation sites excluding steroid dienone is 1. The largest absolute Gasteiger partial charge is 0.511 e. The minimum atomic E-state index is -4.45. The number of nitrogens with zero attached hydrogens (tertiary/aromatic N) is 1. The maximum Gasteiger partial charge on any atom is 0.416 e. The van der Waals surface area contributed by atoms with Gasteiger partial charge in [0.15, 0.2) is 5.78 Å². The Morgan fingerprint density at radius 3 is 2.43 bits per heavy atom. The molecule has 2 aromatic carbocycles. The summed E-state index contributed by atoms with van der Waals surface area (Å²) in [6.45, 7) is 5.89.